The molecule has 2 rings (SSSR count). The number of amides is 2. The molecule has 122 valence electrons. The lowest BCUT2D eigenvalue weighted by molar-refractivity contribution is -0.137. The van der Waals surface area contributed by atoms with E-state index in [2.05, 4.69) is 15.5 Å². The van der Waals surface area contributed by atoms with E-state index in [1.165, 1.54) is 6.92 Å². The highest BCUT2D eigenvalue weighted by Gasteiger charge is 2.29. The third kappa shape index (κ3) is 4.46. The van der Waals surface area contributed by atoms with Gasteiger partial charge >= 0.3 is 0 Å². The van der Waals surface area contributed by atoms with Crippen LogP contribution in [-0.2, 0) is 9.59 Å². The second kappa shape index (κ2) is 8.17. The molecule has 2 amide bonds. The molecule has 1 atom stereocenters. The summed E-state index contributed by atoms with van der Waals surface area (Å²) in [6.45, 7) is 2.87. The number of rotatable bonds is 6. The molecular weight excluding hydrogens is 302 g/mol. The number of piperidine rings is 1. The lowest BCUT2D eigenvalue weighted by atomic mass is 10.0. The first-order valence-electron chi connectivity index (χ1n) is 7.50. The van der Waals surface area contributed by atoms with E-state index >= 15 is 0 Å². The van der Waals surface area contributed by atoms with Crippen LogP contribution in [0.3, 0.4) is 0 Å². The van der Waals surface area contributed by atoms with Gasteiger partial charge in [0.2, 0.25) is 11.8 Å². The summed E-state index contributed by atoms with van der Waals surface area (Å²) in [5, 5.41) is 10.4. The minimum absolute atomic E-state index is 0.0338. The molecule has 1 fully saturated rings. The number of hydrogen-bond acceptors (Lipinski definition) is 5. The van der Waals surface area contributed by atoms with E-state index in [0.717, 1.165) is 18.6 Å². The molecule has 0 aliphatic carbocycles. The third-order valence-corrected chi connectivity index (χ3v) is 4.56. The maximum atomic E-state index is 12.6. The van der Waals surface area contributed by atoms with Crippen LogP contribution in [0.15, 0.2) is 12.7 Å². The van der Waals surface area contributed by atoms with Gasteiger partial charge in [0.05, 0.1) is 0 Å². The molecule has 22 heavy (non-hydrogen) atoms. The van der Waals surface area contributed by atoms with Crippen LogP contribution in [0.1, 0.15) is 32.2 Å². The van der Waals surface area contributed by atoms with Crippen LogP contribution in [0.2, 0.25) is 0 Å². The van der Waals surface area contributed by atoms with E-state index in [1.807, 2.05) is 15.7 Å². The van der Waals surface area contributed by atoms with E-state index in [9.17, 15) is 9.59 Å². The quantitative estimate of drug-likeness (QED) is 0.833. The zero-order valence-corrected chi connectivity index (χ0v) is 13.9. The zero-order chi connectivity index (χ0) is 15.9. The Morgan fingerprint density at radius 3 is 2.50 bits per heavy atom. The largest absolute Gasteiger partial charge is 0.345 e. The lowest BCUT2D eigenvalue weighted by Crippen LogP contribution is -2.50. The van der Waals surface area contributed by atoms with Gasteiger partial charge in [0.25, 0.3) is 0 Å². The molecule has 0 aromatic carbocycles. The first kappa shape index (κ1) is 16.8. The van der Waals surface area contributed by atoms with Crippen LogP contribution in [0.5, 0.6) is 0 Å². The average molecular weight is 325 g/mol. The van der Waals surface area contributed by atoms with Crippen molar-refractivity contribution >= 4 is 23.6 Å². The summed E-state index contributed by atoms with van der Waals surface area (Å²) in [4.78, 5) is 25.8. The fourth-order valence-corrected chi connectivity index (χ4v) is 3.21. The highest BCUT2D eigenvalue weighted by atomic mass is 32.2. The van der Waals surface area contributed by atoms with Crippen LogP contribution in [0.4, 0.5) is 0 Å². The first-order chi connectivity index (χ1) is 10.6. The van der Waals surface area contributed by atoms with Gasteiger partial charge in [-0.05, 0) is 31.3 Å². The number of likely N-dealkylation sites (tertiary alicyclic amines) is 1. The molecule has 0 spiro atoms. The molecule has 1 saturated heterocycles. The van der Waals surface area contributed by atoms with Crippen LogP contribution < -0.4 is 5.32 Å². The first-order valence-corrected chi connectivity index (χ1v) is 8.90. The summed E-state index contributed by atoms with van der Waals surface area (Å²) in [5.41, 5.74) is 0. The smallest absolute Gasteiger partial charge is 0.245 e. The van der Waals surface area contributed by atoms with Crippen molar-refractivity contribution in [2.24, 2.45) is 0 Å². The van der Waals surface area contributed by atoms with E-state index < -0.39 is 6.04 Å². The van der Waals surface area contributed by atoms with Crippen molar-refractivity contribution in [3.05, 3.63) is 12.7 Å². The van der Waals surface area contributed by atoms with Crippen molar-refractivity contribution in [3.63, 3.8) is 0 Å². The summed E-state index contributed by atoms with van der Waals surface area (Å²) in [7, 11) is 0. The van der Waals surface area contributed by atoms with Gasteiger partial charge < -0.3 is 14.8 Å². The summed E-state index contributed by atoms with van der Waals surface area (Å²) >= 11 is 1.68. The number of aromatic nitrogens is 3. The topological polar surface area (TPSA) is 80.1 Å². The zero-order valence-electron chi connectivity index (χ0n) is 13.1. The molecule has 0 saturated carbocycles. The van der Waals surface area contributed by atoms with Crippen molar-refractivity contribution in [2.45, 2.75) is 38.3 Å². The van der Waals surface area contributed by atoms with E-state index in [0.29, 0.717) is 25.6 Å². The molecule has 2 heterocycles. The van der Waals surface area contributed by atoms with E-state index in [4.69, 9.17) is 0 Å². The number of carbonyl (C=O) groups is 2. The molecular formula is C14H23N5O2S. The Morgan fingerprint density at radius 1 is 1.32 bits per heavy atom. The van der Waals surface area contributed by atoms with E-state index in [1.54, 1.807) is 24.4 Å². The minimum atomic E-state index is -0.406. The van der Waals surface area contributed by atoms with Crippen molar-refractivity contribution in [2.75, 3.05) is 25.1 Å². The Kier molecular flexibility index (Phi) is 6.23. The van der Waals surface area contributed by atoms with Crippen molar-refractivity contribution < 1.29 is 9.59 Å². The van der Waals surface area contributed by atoms with Crippen molar-refractivity contribution in [1.82, 2.24) is 25.0 Å². The van der Waals surface area contributed by atoms with Crippen LogP contribution in [0.25, 0.3) is 0 Å². The molecule has 8 heteroatoms. The Labute approximate surface area is 134 Å². The second-order valence-corrected chi connectivity index (χ2v) is 6.49. The number of thioether (sulfide) groups is 1. The molecule has 0 bridgehead atoms. The molecule has 7 nitrogen and oxygen atoms in total. The molecule has 1 N–H and O–H groups in total. The summed E-state index contributed by atoms with van der Waals surface area (Å²) < 4.78 is 2.00. The highest BCUT2D eigenvalue weighted by Crippen LogP contribution is 2.22. The Bertz CT molecular complexity index is 485. The second-order valence-electron chi connectivity index (χ2n) is 5.50. The van der Waals surface area contributed by atoms with Gasteiger partial charge in [0.1, 0.15) is 18.7 Å². The van der Waals surface area contributed by atoms with Gasteiger partial charge in [-0.15, -0.1) is 10.2 Å². The predicted molar refractivity (Wildman–Crippen MR) is 85.5 cm³/mol. The SMILES string of the molecule is CSCC[C@H](NC(C)=O)C(=O)N1CCC(n2cnnc2)CC1. The Hall–Kier alpha value is -1.57. The van der Waals surface area contributed by atoms with Crippen LogP contribution in [0, 0.1) is 0 Å². The number of nitrogens with zero attached hydrogens (tertiary/aromatic N) is 4. The normalized spacial score (nSPS) is 17.3. The summed E-state index contributed by atoms with van der Waals surface area (Å²) in [6.07, 6.45) is 7.89. The average Bonchev–Trinajstić information content (AvgIpc) is 3.05. The fourth-order valence-electron chi connectivity index (χ4n) is 2.74. The molecule has 1 aromatic heterocycles. The van der Waals surface area contributed by atoms with Gasteiger partial charge in [-0.1, -0.05) is 0 Å². The number of carbonyl (C=O) groups excluding carboxylic acids is 2. The minimum Gasteiger partial charge on any atom is -0.345 e. The Balaban J connectivity index is 1.90. The standard InChI is InChI=1S/C14H23N5O2S/c1-11(20)17-13(5-8-22-2)14(21)18-6-3-12(4-7-18)19-9-15-16-10-19/h9-10,12-13H,3-8H2,1-2H3,(H,17,20)/t13-/m0/s1. The third-order valence-electron chi connectivity index (χ3n) is 3.92. The molecule has 1 aliphatic rings. The monoisotopic (exact) mass is 325 g/mol. The Morgan fingerprint density at radius 2 is 1.95 bits per heavy atom. The van der Waals surface area contributed by atoms with Crippen molar-refractivity contribution in [3.8, 4) is 0 Å². The lowest BCUT2D eigenvalue weighted by Gasteiger charge is -2.34. The van der Waals surface area contributed by atoms with Gasteiger partial charge in [-0.3, -0.25) is 9.59 Å². The fraction of sp³-hybridized carbons (Fsp3) is 0.714. The maximum absolute atomic E-state index is 12.6. The maximum Gasteiger partial charge on any atom is 0.245 e. The summed E-state index contributed by atoms with van der Waals surface area (Å²) in [5.74, 6) is 0.735. The molecule has 0 unspecified atom stereocenters. The van der Waals surface area contributed by atoms with Gasteiger partial charge in [-0.2, -0.15) is 11.8 Å². The van der Waals surface area contributed by atoms with E-state index in [-0.39, 0.29) is 11.8 Å². The van der Waals surface area contributed by atoms with Crippen LogP contribution >= 0.6 is 11.8 Å². The van der Waals surface area contributed by atoms with Crippen LogP contribution in [-0.4, -0.2) is 62.6 Å². The van der Waals surface area contributed by atoms with Crippen molar-refractivity contribution in [1.29, 1.82) is 0 Å². The molecule has 1 aliphatic heterocycles. The van der Waals surface area contributed by atoms with Gasteiger partial charge in [0, 0.05) is 26.1 Å². The molecule has 0 radical (unpaired) electrons. The number of nitrogens with one attached hydrogen (secondary N) is 1. The van der Waals surface area contributed by atoms with Gasteiger partial charge in [-0.25, -0.2) is 0 Å². The van der Waals surface area contributed by atoms with Gasteiger partial charge in [0.15, 0.2) is 0 Å². The highest BCUT2D eigenvalue weighted by molar-refractivity contribution is 7.98. The number of hydrogen-bond donors (Lipinski definition) is 1. The summed E-state index contributed by atoms with van der Waals surface area (Å²) in [6, 6.07) is -0.0547. The molecule has 1 aromatic rings. The predicted octanol–water partition coefficient (Wildman–Crippen LogP) is 0.699.